The van der Waals surface area contributed by atoms with E-state index < -0.39 is 0 Å². The smallest absolute Gasteiger partial charge is 0.0518 e. The Morgan fingerprint density at radius 2 is 0.750 bits per heavy atom. The molecule has 0 saturated heterocycles. The van der Waals surface area contributed by atoms with Gasteiger partial charge in [-0.2, -0.15) is 0 Å². The van der Waals surface area contributed by atoms with Crippen LogP contribution < -0.4 is 9.80 Å². The molecule has 0 spiro atoms. The third kappa shape index (κ3) is 6.66. The Balaban J connectivity index is 1.03. The average Bonchev–Trinajstić information content (AvgIpc) is 3.75. The van der Waals surface area contributed by atoms with Crippen molar-refractivity contribution in [3.05, 3.63) is 228 Å². The highest BCUT2D eigenvalue weighted by atomic mass is 15.3. The number of fused-ring (bicyclic) bond motifs is 10. The van der Waals surface area contributed by atoms with Gasteiger partial charge in [-0.1, -0.05) is 191 Å². The topological polar surface area (TPSA) is 6.48 Å². The van der Waals surface area contributed by atoms with Crippen LogP contribution in [0.4, 0.5) is 22.7 Å². The van der Waals surface area contributed by atoms with Gasteiger partial charge in [0.1, 0.15) is 0 Å². The van der Waals surface area contributed by atoms with Crippen molar-refractivity contribution in [1.29, 1.82) is 0 Å². The highest BCUT2D eigenvalue weighted by Crippen LogP contribution is 2.65. The lowest BCUT2D eigenvalue weighted by atomic mass is 9.60. The number of aryl methyl sites for hydroxylation is 2. The first kappa shape index (κ1) is 49.1. The van der Waals surface area contributed by atoms with Crippen LogP contribution in [0.25, 0.3) is 87.6 Å². The highest BCUT2D eigenvalue weighted by molar-refractivity contribution is 6.26. The van der Waals surface area contributed by atoms with Crippen molar-refractivity contribution in [2.24, 2.45) is 0 Å². The summed E-state index contributed by atoms with van der Waals surface area (Å²) in [5, 5.41) is 10.2. The number of para-hydroxylation sites is 2. The van der Waals surface area contributed by atoms with Crippen LogP contribution in [-0.2, 0) is 10.8 Å². The lowest BCUT2D eigenvalue weighted by Crippen LogP contribution is -2.54. The van der Waals surface area contributed by atoms with Crippen LogP contribution in [0.1, 0.15) is 112 Å². The van der Waals surface area contributed by atoms with E-state index in [-0.39, 0.29) is 21.9 Å². The van der Waals surface area contributed by atoms with E-state index in [2.05, 4.69) is 259 Å². The molecule has 2 saturated carbocycles. The summed E-state index contributed by atoms with van der Waals surface area (Å²) in [4.78, 5) is 5.53. The number of rotatable bonds is 6. The molecule has 0 amide bonds. The predicted molar refractivity (Wildman–Crippen MR) is 343 cm³/mol. The molecule has 15 rings (SSSR count). The maximum atomic E-state index is 2.78. The normalized spacial score (nSPS) is 22.2. The molecule has 2 aliphatic heterocycles. The van der Waals surface area contributed by atoms with Gasteiger partial charge in [0.05, 0.1) is 11.1 Å². The van der Waals surface area contributed by atoms with Crippen LogP contribution >= 0.6 is 0 Å². The Morgan fingerprint density at radius 3 is 1.27 bits per heavy atom. The highest BCUT2D eigenvalue weighted by Gasteiger charge is 2.60. The van der Waals surface area contributed by atoms with Gasteiger partial charge in [0.25, 0.3) is 0 Å². The van der Waals surface area contributed by atoms with Crippen molar-refractivity contribution in [3.8, 4) is 44.5 Å². The molecule has 4 atom stereocenters. The van der Waals surface area contributed by atoms with Crippen LogP contribution in [0, 0.1) is 27.7 Å². The lowest BCUT2D eigenvalue weighted by Gasteiger charge is -2.50. The molecule has 0 aromatic heterocycles. The first-order chi connectivity index (χ1) is 38.8. The van der Waals surface area contributed by atoms with Crippen LogP contribution in [0.2, 0.25) is 0 Å². The summed E-state index contributed by atoms with van der Waals surface area (Å²) in [6, 6.07) is 74.6. The zero-order valence-corrected chi connectivity index (χ0v) is 48.0. The summed E-state index contributed by atoms with van der Waals surface area (Å²) in [5.74, 6) is 0. The first-order valence-electron chi connectivity index (χ1n) is 29.9. The summed E-state index contributed by atoms with van der Waals surface area (Å²) >= 11 is 0. The van der Waals surface area contributed by atoms with E-state index in [0.717, 1.165) is 0 Å². The minimum atomic E-state index is -0.0356. The van der Waals surface area contributed by atoms with Crippen molar-refractivity contribution in [2.75, 3.05) is 9.80 Å². The second kappa shape index (κ2) is 17.8. The molecule has 2 heterocycles. The number of anilines is 4. The quantitative estimate of drug-likeness (QED) is 0.153. The van der Waals surface area contributed by atoms with Crippen molar-refractivity contribution in [3.63, 3.8) is 0 Å². The maximum Gasteiger partial charge on any atom is 0.0518 e. The zero-order chi connectivity index (χ0) is 54.5. The first-order valence-corrected chi connectivity index (χ1v) is 29.9. The predicted octanol–water partition coefficient (Wildman–Crippen LogP) is 21.7. The minimum absolute atomic E-state index is 0.00856. The Kier molecular flexibility index (Phi) is 10.9. The molecule has 0 bridgehead atoms. The molecule has 4 aliphatic rings. The largest absolute Gasteiger partial charge is 0.334 e. The maximum absolute atomic E-state index is 2.78. The van der Waals surface area contributed by atoms with Gasteiger partial charge in [0.15, 0.2) is 0 Å². The summed E-state index contributed by atoms with van der Waals surface area (Å²) in [7, 11) is 0. The monoisotopic (exact) mass is 1040 g/mol. The van der Waals surface area contributed by atoms with Crippen LogP contribution in [0.15, 0.2) is 194 Å². The third-order valence-corrected chi connectivity index (χ3v) is 21.5. The molecular weight excluding hydrogens is 965 g/mol. The van der Waals surface area contributed by atoms with Gasteiger partial charge in [0, 0.05) is 33.6 Å². The summed E-state index contributed by atoms with van der Waals surface area (Å²) < 4.78 is 0. The Labute approximate surface area is 473 Å². The van der Waals surface area contributed by atoms with E-state index in [1.165, 1.54) is 184 Å². The molecule has 2 aliphatic carbocycles. The number of nitrogens with zero attached hydrogens (tertiary/aromatic N) is 2. The summed E-state index contributed by atoms with van der Waals surface area (Å²) in [6.45, 7) is 19.9. The van der Waals surface area contributed by atoms with Gasteiger partial charge in [-0.15, -0.1) is 0 Å². The van der Waals surface area contributed by atoms with Gasteiger partial charge >= 0.3 is 0 Å². The lowest BCUT2D eigenvalue weighted by molar-refractivity contribution is 0.194. The number of hydrogen-bond donors (Lipinski definition) is 0. The van der Waals surface area contributed by atoms with Crippen LogP contribution in [-0.4, -0.2) is 11.1 Å². The molecular formula is C78H72N2. The molecule has 11 aromatic carbocycles. The second-order valence-corrected chi connectivity index (χ2v) is 25.5. The van der Waals surface area contributed by atoms with Crippen molar-refractivity contribution in [2.45, 2.75) is 129 Å². The fourth-order valence-corrected chi connectivity index (χ4v) is 17.3. The van der Waals surface area contributed by atoms with Crippen LogP contribution in [0.3, 0.4) is 0 Å². The van der Waals surface area contributed by atoms with Crippen LogP contribution in [0.5, 0.6) is 0 Å². The molecule has 2 heteroatoms. The van der Waals surface area contributed by atoms with E-state index in [1.54, 1.807) is 11.1 Å². The van der Waals surface area contributed by atoms with Gasteiger partial charge in [-0.05, 0) is 231 Å². The minimum Gasteiger partial charge on any atom is -0.334 e. The molecule has 4 unspecified atom stereocenters. The van der Waals surface area contributed by atoms with Crippen molar-refractivity contribution < 1.29 is 0 Å². The van der Waals surface area contributed by atoms with E-state index in [0.29, 0.717) is 0 Å². The van der Waals surface area contributed by atoms with Gasteiger partial charge in [-0.3, -0.25) is 0 Å². The van der Waals surface area contributed by atoms with E-state index in [9.17, 15) is 0 Å². The van der Waals surface area contributed by atoms with Gasteiger partial charge in [0.2, 0.25) is 0 Å². The van der Waals surface area contributed by atoms with Crippen molar-refractivity contribution >= 4 is 65.8 Å². The fraction of sp³-hybridized carbons (Fsp3) is 0.256. The average molecular weight is 1040 g/mol. The number of hydrogen-bond acceptors (Lipinski definition) is 2. The summed E-state index contributed by atoms with van der Waals surface area (Å²) in [6.07, 6.45) is 9.76. The van der Waals surface area contributed by atoms with Gasteiger partial charge in [-0.25, -0.2) is 0 Å². The van der Waals surface area contributed by atoms with E-state index in [1.807, 2.05) is 0 Å². The molecule has 80 heavy (non-hydrogen) atoms. The molecule has 2 nitrogen and oxygen atoms in total. The van der Waals surface area contributed by atoms with Gasteiger partial charge < -0.3 is 9.80 Å². The Bertz CT molecular complexity index is 4370. The molecule has 0 radical (unpaired) electrons. The summed E-state index contributed by atoms with van der Waals surface area (Å²) in [5.41, 5.74) is 24.3. The second-order valence-electron chi connectivity index (χ2n) is 25.5. The molecule has 0 N–H and O–H groups in total. The standard InChI is InChI=1S/C78H72N2/c1-49-45-66(52(4)74-71(49)75(5)41-19-21-43-77(75,7)80(74)58-31-13-10-14-32-58)56-38-40-64-68(48-56)70(62-36-24-28-54-26-16-18-34-60(54)62)63-39-37-55(47-67(63)69(64)61-35-23-27-53-25-15-17-33-59(53)61)65-46-50(2)73-72(51(65)3)76(6)42-20-22-44-78(76,8)79(73)57-29-11-9-12-30-57/h9-18,23-40,45-48H,19-22,41-44H2,1-8H3. The Morgan fingerprint density at radius 1 is 0.325 bits per heavy atom. The SMILES string of the molecule is Cc1cc(-c2ccc3c(-c4cccc5ccccc45)c4cc(-c5cc(C)c6c(c5C)N(c5ccccc5)C5(C)CCCCC65C)ccc4c(-c4cccc5ccccc45)c3c2)c(C)c2c1N(c1ccccc1)C1(C)CCCCC21C. The molecule has 394 valence electrons. The van der Waals surface area contributed by atoms with E-state index in [4.69, 9.17) is 0 Å². The van der Waals surface area contributed by atoms with E-state index >= 15 is 0 Å². The molecule has 11 aromatic rings. The zero-order valence-electron chi connectivity index (χ0n) is 48.0. The molecule has 2 fully saturated rings. The third-order valence-electron chi connectivity index (χ3n) is 21.5. The number of benzene rings is 11. The Hall–Kier alpha value is -7.94. The fourth-order valence-electron chi connectivity index (χ4n) is 17.3. The van der Waals surface area contributed by atoms with Crippen molar-refractivity contribution in [1.82, 2.24) is 0 Å².